The number of thiocarbonyl (C=S) groups is 1. The van der Waals surface area contributed by atoms with E-state index >= 15 is 0 Å². The zero-order chi connectivity index (χ0) is 27.9. The van der Waals surface area contributed by atoms with Crippen molar-refractivity contribution in [1.29, 1.82) is 0 Å². The van der Waals surface area contributed by atoms with Gasteiger partial charge < -0.3 is 19.5 Å². The van der Waals surface area contributed by atoms with Crippen LogP contribution in [-0.4, -0.2) is 47.9 Å². The van der Waals surface area contributed by atoms with Gasteiger partial charge in [0, 0.05) is 10.6 Å². The van der Waals surface area contributed by atoms with Gasteiger partial charge in [0.2, 0.25) is 0 Å². The van der Waals surface area contributed by atoms with Crippen molar-refractivity contribution in [3.05, 3.63) is 87.8 Å². The monoisotopic (exact) mass is 583 g/mol. The molecule has 200 valence electrons. The molecular formula is C27H22ClN3O6S2. The minimum Gasteiger partial charge on any atom is -0.495 e. The first-order chi connectivity index (χ1) is 18.8. The molecule has 0 radical (unpaired) electrons. The average molecular weight is 584 g/mol. The molecular weight excluding hydrogens is 562 g/mol. The van der Waals surface area contributed by atoms with Crippen molar-refractivity contribution in [2.75, 3.05) is 26.1 Å². The average Bonchev–Trinajstić information content (AvgIpc) is 3.20. The van der Waals surface area contributed by atoms with E-state index < -0.39 is 11.8 Å². The number of nitrogens with zero attached hydrogens (tertiary/aromatic N) is 1. The van der Waals surface area contributed by atoms with Crippen LogP contribution in [0.25, 0.3) is 6.08 Å². The lowest BCUT2D eigenvalue weighted by Crippen LogP contribution is -2.44. The van der Waals surface area contributed by atoms with E-state index in [1.165, 1.54) is 14.2 Å². The van der Waals surface area contributed by atoms with Gasteiger partial charge in [0.1, 0.15) is 5.75 Å². The van der Waals surface area contributed by atoms with Crippen molar-refractivity contribution in [2.24, 2.45) is 0 Å². The summed E-state index contributed by atoms with van der Waals surface area (Å²) in [5.41, 5.74) is 4.00. The Kier molecular flexibility index (Phi) is 9.07. The lowest BCUT2D eigenvalue weighted by atomic mass is 10.2. The SMILES string of the molecule is COc1ccccc1NC(=O)COc1ccc(/C=C2\SC(=S)N(NC(=O)c3ccc(Cl)cc3)C2=O)cc1OC. The van der Waals surface area contributed by atoms with Crippen LogP contribution >= 0.6 is 35.6 Å². The van der Waals surface area contributed by atoms with Crippen molar-refractivity contribution in [1.82, 2.24) is 10.4 Å². The molecule has 0 atom stereocenters. The van der Waals surface area contributed by atoms with Crippen LogP contribution in [0.3, 0.4) is 0 Å². The van der Waals surface area contributed by atoms with Crippen LogP contribution in [0.2, 0.25) is 5.02 Å². The molecule has 39 heavy (non-hydrogen) atoms. The van der Waals surface area contributed by atoms with E-state index in [4.69, 9.17) is 38.0 Å². The van der Waals surface area contributed by atoms with E-state index in [1.54, 1.807) is 72.8 Å². The van der Waals surface area contributed by atoms with Crippen LogP contribution in [0.4, 0.5) is 5.69 Å². The molecule has 3 amide bonds. The zero-order valence-corrected chi connectivity index (χ0v) is 23.1. The Morgan fingerprint density at radius 1 is 1.00 bits per heavy atom. The van der Waals surface area contributed by atoms with E-state index in [2.05, 4.69) is 10.7 Å². The Labute approximate surface area is 239 Å². The van der Waals surface area contributed by atoms with Gasteiger partial charge in [-0.05, 0) is 72.4 Å². The Hall–Kier alpha value is -4.06. The Bertz CT molecular complexity index is 1460. The number of benzene rings is 3. The number of thioether (sulfide) groups is 1. The molecule has 1 aliphatic rings. The number of nitrogens with one attached hydrogen (secondary N) is 2. The minimum absolute atomic E-state index is 0.182. The van der Waals surface area contributed by atoms with Gasteiger partial charge in [-0.1, -0.05) is 41.6 Å². The van der Waals surface area contributed by atoms with Gasteiger partial charge in [-0.3, -0.25) is 19.8 Å². The van der Waals surface area contributed by atoms with Gasteiger partial charge >= 0.3 is 0 Å². The molecule has 0 aromatic heterocycles. The van der Waals surface area contributed by atoms with Gasteiger partial charge in [-0.15, -0.1) is 0 Å². The van der Waals surface area contributed by atoms with Gasteiger partial charge in [0.25, 0.3) is 17.7 Å². The maximum atomic E-state index is 12.9. The highest BCUT2D eigenvalue weighted by molar-refractivity contribution is 8.26. The smallest absolute Gasteiger partial charge is 0.285 e. The third-order valence-electron chi connectivity index (χ3n) is 5.34. The number of hydrogen-bond acceptors (Lipinski definition) is 8. The first-order valence-corrected chi connectivity index (χ1v) is 13.0. The highest BCUT2D eigenvalue weighted by Crippen LogP contribution is 2.34. The van der Waals surface area contributed by atoms with Gasteiger partial charge in [-0.2, -0.15) is 5.01 Å². The molecule has 1 fully saturated rings. The summed E-state index contributed by atoms with van der Waals surface area (Å²) < 4.78 is 16.5. The van der Waals surface area contributed by atoms with Crippen LogP contribution in [-0.2, 0) is 9.59 Å². The number of rotatable bonds is 9. The predicted octanol–water partition coefficient (Wildman–Crippen LogP) is 4.92. The van der Waals surface area contributed by atoms with Crippen molar-refractivity contribution in [3.63, 3.8) is 0 Å². The number of para-hydroxylation sites is 2. The molecule has 1 heterocycles. The normalized spacial score (nSPS) is 13.8. The van der Waals surface area contributed by atoms with Gasteiger partial charge in [0.15, 0.2) is 22.4 Å². The summed E-state index contributed by atoms with van der Waals surface area (Å²) >= 11 is 12.2. The van der Waals surface area contributed by atoms with Crippen molar-refractivity contribution < 1.29 is 28.6 Å². The van der Waals surface area contributed by atoms with Crippen molar-refractivity contribution in [2.45, 2.75) is 0 Å². The first-order valence-electron chi connectivity index (χ1n) is 11.4. The highest BCUT2D eigenvalue weighted by atomic mass is 35.5. The second-order valence-corrected chi connectivity index (χ2v) is 10.0. The fraction of sp³-hybridized carbons (Fsp3) is 0.111. The molecule has 0 aliphatic carbocycles. The van der Waals surface area contributed by atoms with Crippen LogP contribution < -0.4 is 25.0 Å². The van der Waals surface area contributed by atoms with Gasteiger partial charge in [-0.25, -0.2) is 0 Å². The largest absolute Gasteiger partial charge is 0.495 e. The molecule has 1 aliphatic heterocycles. The van der Waals surface area contributed by atoms with Crippen LogP contribution in [0.1, 0.15) is 15.9 Å². The molecule has 0 spiro atoms. The number of ether oxygens (including phenoxy) is 3. The lowest BCUT2D eigenvalue weighted by molar-refractivity contribution is -0.123. The van der Waals surface area contributed by atoms with E-state index in [0.29, 0.717) is 44.0 Å². The molecule has 0 unspecified atom stereocenters. The minimum atomic E-state index is -0.498. The second kappa shape index (κ2) is 12.7. The summed E-state index contributed by atoms with van der Waals surface area (Å²) in [6, 6.07) is 18.3. The van der Waals surface area contributed by atoms with Gasteiger partial charge in [0.05, 0.1) is 24.8 Å². The molecule has 12 heteroatoms. The number of carbonyl (C=O) groups excluding carboxylic acids is 3. The molecule has 4 rings (SSSR count). The van der Waals surface area contributed by atoms with Crippen LogP contribution in [0.5, 0.6) is 17.2 Å². The van der Waals surface area contributed by atoms with Crippen LogP contribution in [0, 0.1) is 0 Å². The second-order valence-electron chi connectivity index (χ2n) is 7.91. The first kappa shape index (κ1) is 28.0. The standard InChI is InChI=1S/C27H22ClN3O6S2/c1-35-20-6-4-3-5-19(20)29-24(32)15-37-21-12-7-16(13-22(21)36-2)14-23-26(34)31(27(38)39-23)30-25(33)17-8-10-18(28)11-9-17/h3-14H,15H2,1-2H3,(H,29,32)(H,30,33)/b23-14-. The van der Waals surface area contributed by atoms with Crippen molar-refractivity contribution >= 4 is 69.4 Å². The number of hydrazine groups is 1. The zero-order valence-electron chi connectivity index (χ0n) is 20.7. The number of hydrogen-bond donors (Lipinski definition) is 2. The highest BCUT2D eigenvalue weighted by Gasteiger charge is 2.33. The predicted molar refractivity (Wildman–Crippen MR) is 154 cm³/mol. The van der Waals surface area contributed by atoms with E-state index in [9.17, 15) is 14.4 Å². The van der Waals surface area contributed by atoms with Crippen molar-refractivity contribution in [3.8, 4) is 17.2 Å². The lowest BCUT2D eigenvalue weighted by Gasteiger charge is -2.15. The summed E-state index contributed by atoms with van der Waals surface area (Å²) in [6.07, 6.45) is 1.62. The fourth-order valence-corrected chi connectivity index (χ4v) is 4.76. The molecule has 9 nitrogen and oxygen atoms in total. The van der Waals surface area contributed by atoms with E-state index in [1.807, 2.05) is 0 Å². The molecule has 3 aromatic carbocycles. The molecule has 2 N–H and O–H groups in total. The summed E-state index contributed by atoms with van der Waals surface area (Å²) in [6.45, 7) is -0.264. The Balaban J connectivity index is 1.41. The summed E-state index contributed by atoms with van der Waals surface area (Å²) in [5.74, 6) is -0.118. The number of amides is 3. The third-order valence-corrected chi connectivity index (χ3v) is 6.89. The number of halogens is 1. The molecule has 1 saturated heterocycles. The molecule has 3 aromatic rings. The number of methoxy groups -OCH3 is 2. The van der Waals surface area contributed by atoms with E-state index in [-0.39, 0.29) is 16.8 Å². The topological polar surface area (TPSA) is 106 Å². The number of carbonyl (C=O) groups is 3. The quantitative estimate of drug-likeness (QED) is 0.270. The van der Waals surface area contributed by atoms with E-state index in [0.717, 1.165) is 16.8 Å². The maximum Gasteiger partial charge on any atom is 0.285 e. The molecule has 0 bridgehead atoms. The summed E-state index contributed by atoms with van der Waals surface area (Å²) in [7, 11) is 2.98. The Morgan fingerprint density at radius 3 is 2.44 bits per heavy atom. The number of anilines is 1. The summed E-state index contributed by atoms with van der Waals surface area (Å²) in [5, 5.41) is 4.25. The molecule has 0 saturated carbocycles. The summed E-state index contributed by atoms with van der Waals surface area (Å²) in [4.78, 5) is 38.2. The van der Waals surface area contributed by atoms with Crippen LogP contribution in [0.15, 0.2) is 71.6 Å². The fourth-order valence-electron chi connectivity index (χ4n) is 3.45. The Morgan fingerprint density at radius 2 is 1.72 bits per heavy atom. The maximum absolute atomic E-state index is 12.9. The third kappa shape index (κ3) is 6.88.